The summed E-state index contributed by atoms with van der Waals surface area (Å²) in [6, 6.07) is 9.08. The topological polar surface area (TPSA) is 142 Å². The Morgan fingerprint density at radius 1 is 1.30 bits per heavy atom. The molecular formula is C25H27N5O6S. The van der Waals surface area contributed by atoms with E-state index in [4.69, 9.17) is 9.47 Å². The number of hydrogen-bond acceptors (Lipinski definition) is 8. The minimum absolute atomic E-state index is 0.0753. The molecule has 0 radical (unpaired) electrons. The van der Waals surface area contributed by atoms with Gasteiger partial charge in [0, 0.05) is 36.9 Å². The van der Waals surface area contributed by atoms with Crippen LogP contribution in [0.1, 0.15) is 40.5 Å². The normalized spacial score (nSPS) is 18.4. The zero-order chi connectivity index (χ0) is 26.4. The molecule has 0 saturated heterocycles. The second-order valence-electron chi connectivity index (χ2n) is 9.30. The predicted molar refractivity (Wildman–Crippen MR) is 135 cm³/mol. The van der Waals surface area contributed by atoms with Gasteiger partial charge in [0.25, 0.3) is 5.91 Å². The van der Waals surface area contributed by atoms with E-state index in [-0.39, 0.29) is 11.4 Å². The second-order valence-corrected chi connectivity index (χ2v) is 11.4. The van der Waals surface area contributed by atoms with Crippen LogP contribution in [-0.2, 0) is 26.6 Å². The van der Waals surface area contributed by atoms with Gasteiger partial charge in [-0.25, -0.2) is 13.4 Å². The van der Waals surface area contributed by atoms with Crippen molar-refractivity contribution in [2.75, 3.05) is 30.5 Å². The highest BCUT2D eigenvalue weighted by Crippen LogP contribution is 2.44. The lowest BCUT2D eigenvalue weighted by Crippen LogP contribution is -2.53. The van der Waals surface area contributed by atoms with Crippen molar-refractivity contribution in [1.82, 2.24) is 20.1 Å². The Morgan fingerprint density at radius 3 is 2.81 bits per heavy atom. The van der Waals surface area contributed by atoms with E-state index in [2.05, 4.69) is 20.7 Å². The summed E-state index contributed by atoms with van der Waals surface area (Å²) >= 11 is 0. The van der Waals surface area contributed by atoms with Gasteiger partial charge in [-0.1, -0.05) is 6.07 Å². The molecule has 0 fully saturated rings. The number of aromatic nitrogens is 3. The highest BCUT2D eigenvalue weighted by atomic mass is 32.2. The molecule has 1 spiro atoms. The molecule has 2 aromatic heterocycles. The molecule has 0 saturated carbocycles. The van der Waals surface area contributed by atoms with Crippen LogP contribution in [0.25, 0.3) is 5.82 Å². The fourth-order valence-corrected chi connectivity index (χ4v) is 5.31. The molecule has 2 aliphatic heterocycles. The summed E-state index contributed by atoms with van der Waals surface area (Å²) in [5.74, 6) is -0.180. The first-order chi connectivity index (χ1) is 17.6. The van der Waals surface area contributed by atoms with Crippen LogP contribution < -0.4 is 20.1 Å². The lowest BCUT2D eigenvalue weighted by molar-refractivity contribution is -0.113. The Labute approximate surface area is 214 Å². The minimum Gasteiger partial charge on any atom is -0.494 e. The molecule has 1 aromatic carbocycles. The van der Waals surface area contributed by atoms with Gasteiger partial charge in [-0.2, -0.15) is 9.78 Å². The van der Waals surface area contributed by atoms with Gasteiger partial charge in [0.2, 0.25) is 5.91 Å². The van der Waals surface area contributed by atoms with Crippen molar-refractivity contribution in [2.24, 2.45) is 0 Å². The minimum atomic E-state index is -3.59. The summed E-state index contributed by atoms with van der Waals surface area (Å²) in [6.45, 7) is 4.69. The molecule has 4 heterocycles. The zero-order valence-corrected chi connectivity index (χ0v) is 21.5. The Bertz CT molecular complexity index is 1500. The second kappa shape index (κ2) is 9.18. The van der Waals surface area contributed by atoms with Crippen molar-refractivity contribution in [2.45, 2.75) is 32.2 Å². The molecule has 2 N–H and O–H groups in total. The first kappa shape index (κ1) is 24.8. The van der Waals surface area contributed by atoms with Crippen LogP contribution >= 0.6 is 0 Å². The van der Waals surface area contributed by atoms with E-state index in [1.807, 2.05) is 38.1 Å². The highest BCUT2D eigenvalue weighted by molar-refractivity contribution is 7.91. The first-order valence-corrected chi connectivity index (χ1v) is 13.9. The molecule has 0 unspecified atom stereocenters. The molecule has 0 bridgehead atoms. The number of amides is 2. The number of ether oxygens (including phenoxy) is 2. The van der Waals surface area contributed by atoms with Crippen LogP contribution in [0.3, 0.4) is 0 Å². The third kappa shape index (κ3) is 4.76. The Morgan fingerprint density at radius 2 is 2.11 bits per heavy atom. The number of carbonyl (C=O) groups is 2. The number of carbonyl (C=O) groups excluding carboxylic acids is 2. The van der Waals surface area contributed by atoms with Crippen molar-refractivity contribution < 1.29 is 27.5 Å². The molecule has 5 rings (SSSR count). The maximum atomic E-state index is 13.6. The molecule has 3 aromatic rings. The molecule has 37 heavy (non-hydrogen) atoms. The van der Waals surface area contributed by atoms with E-state index in [1.165, 1.54) is 4.68 Å². The summed E-state index contributed by atoms with van der Waals surface area (Å²) < 4.78 is 36.3. The average molecular weight is 526 g/mol. The molecule has 0 aliphatic carbocycles. The number of nitrogens with one attached hydrogen (secondary N) is 2. The largest absolute Gasteiger partial charge is 0.494 e. The van der Waals surface area contributed by atoms with Gasteiger partial charge in [-0.3, -0.25) is 9.59 Å². The smallest absolute Gasteiger partial charge is 0.257 e. The molecule has 2 amide bonds. The molecule has 194 valence electrons. The maximum Gasteiger partial charge on any atom is 0.257 e. The van der Waals surface area contributed by atoms with E-state index < -0.39 is 32.9 Å². The molecule has 11 nitrogen and oxygen atoms in total. The van der Waals surface area contributed by atoms with Gasteiger partial charge in [0.1, 0.15) is 22.8 Å². The fourth-order valence-electron chi connectivity index (χ4n) is 4.77. The number of aryl methyl sites for hydroxylation is 1. The lowest BCUT2D eigenvalue weighted by atomic mass is 9.77. The van der Waals surface area contributed by atoms with Crippen molar-refractivity contribution >= 4 is 27.5 Å². The van der Waals surface area contributed by atoms with Gasteiger partial charge < -0.3 is 20.1 Å². The van der Waals surface area contributed by atoms with E-state index in [0.29, 0.717) is 49.1 Å². The maximum absolute atomic E-state index is 13.6. The third-order valence-electron chi connectivity index (χ3n) is 6.34. The number of benzene rings is 1. The third-order valence-corrected chi connectivity index (χ3v) is 7.12. The van der Waals surface area contributed by atoms with Crippen molar-refractivity contribution in [3.05, 3.63) is 58.9 Å². The van der Waals surface area contributed by atoms with Crippen LogP contribution in [0.4, 0.5) is 5.82 Å². The van der Waals surface area contributed by atoms with Gasteiger partial charge >= 0.3 is 0 Å². The van der Waals surface area contributed by atoms with Crippen LogP contribution in [0.5, 0.6) is 11.5 Å². The zero-order valence-electron chi connectivity index (χ0n) is 20.7. The molecular weight excluding hydrogens is 498 g/mol. The lowest BCUT2D eigenvalue weighted by Gasteiger charge is -2.41. The Kier molecular flexibility index (Phi) is 6.14. The molecule has 1 atom stereocenters. The standard InChI is InChI=1S/C25H27N5O6S/c1-4-35-16-6-7-17-19(11-16)36-10-9-25(17)12-18-22(24(32)28-25)23(27-21(31)14-37(3,33)34)30(29-18)20-8-5-15(2)13-26-20/h5-8,11,13H,4,9-10,12,14H2,1-3H3,(H,27,31)(H,28,32)/t25-/m0/s1. The van der Waals surface area contributed by atoms with Crippen molar-refractivity contribution in [1.29, 1.82) is 0 Å². The van der Waals surface area contributed by atoms with Gasteiger partial charge in [0.05, 0.1) is 24.4 Å². The number of sulfone groups is 1. The number of pyridine rings is 1. The van der Waals surface area contributed by atoms with Crippen molar-refractivity contribution in [3.63, 3.8) is 0 Å². The summed E-state index contributed by atoms with van der Waals surface area (Å²) in [6.07, 6.45) is 3.47. The quantitative estimate of drug-likeness (QED) is 0.497. The van der Waals surface area contributed by atoms with E-state index in [9.17, 15) is 18.0 Å². The van der Waals surface area contributed by atoms with Crippen LogP contribution in [0, 0.1) is 6.92 Å². The van der Waals surface area contributed by atoms with E-state index in [0.717, 1.165) is 17.4 Å². The summed E-state index contributed by atoms with van der Waals surface area (Å²) in [5, 5.41) is 10.4. The van der Waals surface area contributed by atoms with Gasteiger partial charge in [-0.05, 0) is 37.6 Å². The number of nitrogens with zero attached hydrogens (tertiary/aromatic N) is 3. The average Bonchev–Trinajstić information content (AvgIpc) is 3.16. The first-order valence-electron chi connectivity index (χ1n) is 11.8. The Balaban J connectivity index is 1.59. The summed E-state index contributed by atoms with van der Waals surface area (Å²) in [5.41, 5.74) is 1.60. The number of hydrogen-bond donors (Lipinski definition) is 2. The fraction of sp³-hybridized carbons (Fsp3) is 0.360. The SMILES string of the molecule is CCOc1ccc2c(c1)OCC[C@]21Cc2nn(-c3ccc(C)cn3)c(NC(=O)CS(C)(=O)=O)c2C(=O)N1. The highest BCUT2D eigenvalue weighted by Gasteiger charge is 2.46. The van der Waals surface area contributed by atoms with Crippen LogP contribution in [-0.4, -0.2) is 60.2 Å². The van der Waals surface area contributed by atoms with E-state index in [1.54, 1.807) is 12.3 Å². The summed E-state index contributed by atoms with van der Waals surface area (Å²) in [7, 11) is -3.59. The molecule has 2 aliphatic rings. The Hall–Kier alpha value is -3.93. The molecule has 12 heteroatoms. The van der Waals surface area contributed by atoms with Crippen LogP contribution in [0.15, 0.2) is 36.5 Å². The van der Waals surface area contributed by atoms with Crippen LogP contribution in [0.2, 0.25) is 0 Å². The number of anilines is 1. The van der Waals surface area contributed by atoms with E-state index >= 15 is 0 Å². The monoisotopic (exact) mass is 525 g/mol. The predicted octanol–water partition coefficient (Wildman–Crippen LogP) is 1.92. The number of rotatable bonds is 6. The van der Waals surface area contributed by atoms with Gasteiger partial charge in [-0.15, -0.1) is 0 Å². The summed E-state index contributed by atoms with van der Waals surface area (Å²) in [4.78, 5) is 30.6. The van der Waals surface area contributed by atoms with Gasteiger partial charge in [0.15, 0.2) is 21.5 Å². The number of fused-ring (bicyclic) bond motifs is 3. The van der Waals surface area contributed by atoms with Crippen molar-refractivity contribution in [3.8, 4) is 17.3 Å².